The number of hydrogen-bond donors (Lipinski definition) is 1. The summed E-state index contributed by atoms with van der Waals surface area (Å²) in [5, 5.41) is 10.9. The molecule has 1 unspecified atom stereocenters. The molecule has 2 aromatic heterocycles. The lowest BCUT2D eigenvalue weighted by atomic mass is 9.96. The van der Waals surface area contributed by atoms with Crippen molar-refractivity contribution >= 4 is 10.0 Å². The van der Waals surface area contributed by atoms with Crippen LogP contribution in [0.25, 0.3) is 0 Å². The van der Waals surface area contributed by atoms with Gasteiger partial charge in [-0.3, -0.25) is 9.78 Å². The van der Waals surface area contributed by atoms with Crippen LogP contribution in [-0.2, 0) is 17.1 Å². The molecule has 3 heterocycles. The second kappa shape index (κ2) is 5.27. The fraction of sp³-hybridized carbons (Fsp3) is 0.538. The summed E-state index contributed by atoms with van der Waals surface area (Å²) in [5.41, 5.74) is 1.66. The molecule has 1 saturated heterocycles. The summed E-state index contributed by atoms with van der Waals surface area (Å²) in [7, 11) is -1.73. The molecule has 0 aliphatic carbocycles. The minimum absolute atomic E-state index is 0.174. The lowest BCUT2D eigenvalue weighted by molar-refractivity contribution is 0.312. The maximum absolute atomic E-state index is 12.8. The van der Waals surface area contributed by atoms with Gasteiger partial charge in [-0.2, -0.15) is 14.5 Å². The number of nitrogens with zero attached hydrogens (tertiary/aromatic N) is 4. The van der Waals surface area contributed by atoms with Gasteiger partial charge in [-0.25, -0.2) is 8.42 Å². The minimum Gasteiger partial charge on any atom is -0.282 e. The quantitative estimate of drug-likeness (QED) is 0.917. The fourth-order valence-corrected chi connectivity index (χ4v) is 4.49. The summed E-state index contributed by atoms with van der Waals surface area (Å²) < 4.78 is 28.7. The molecule has 1 aliphatic rings. The Morgan fingerprint density at radius 2 is 2.24 bits per heavy atom. The monoisotopic (exact) mass is 309 g/mol. The first-order chi connectivity index (χ1) is 10.00. The minimum atomic E-state index is -3.48. The molecule has 0 saturated carbocycles. The second-order valence-electron chi connectivity index (χ2n) is 5.43. The highest BCUT2D eigenvalue weighted by molar-refractivity contribution is 7.89. The third kappa shape index (κ3) is 2.49. The summed E-state index contributed by atoms with van der Waals surface area (Å²) in [6.07, 6.45) is 4.96. The maximum Gasteiger partial charge on any atom is 0.246 e. The number of rotatable bonds is 3. The first kappa shape index (κ1) is 14.3. The van der Waals surface area contributed by atoms with E-state index in [1.54, 1.807) is 29.2 Å². The molecule has 21 heavy (non-hydrogen) atoms. The number of aromatic amines is 1. The number of sulfonamides is 1. The molecule has 7 nitrogen and oxygen atoms in total. The van der Waals surface area contributed by atoms with Gasteiger partial charge in [-0.05, 0) is 25.8 Å². The maximum atomic E-state index is 12.8. The van der Waals surface area contributed by atoms with E-state index in [-0.39, 0.29) is 5.92 Å². The smallest absolute Gasteiger partial charge is 0.246 e. The van der Waals surface area contributed by atoms with E-state index in [2.05, 4.69) is 15.3 Å². The molecular weight excluding hydrogens is 290 g/mol. The fourth-order valence-electron chi connectivity index (χ4n) is 2.78. The number of H-pyrrole nitrogens is 1. The van der Waals surface area contributed by atoms with Crippen molar-refractivity contribution in [3.8, 4) is 0 Å². The SMILES string of the molecule is Cc1c(S(=O)(=O)N2CCCC(c3ccn[nH]3)C2)cnn1C. The third-order valence-electron chi connectivity index (χ3n) is 4.15. The normalized spacial score (nSPS) is 20.8. The van der Waals surface area contributed by atoms with Gasteiger partial charge >= 0.3 is 0 Å². The van der Waals surface area contributed by atoms with Gasteiger partial charge in [0.2, 0.25) is 10.0 Å². The molecule has 1 aliphatic heterocycles. The first-order valence-electron chi connectivity index (χ1n) is 6.98. The van der Waals surface area contributed by atoms with Gasteiger partial charge in [-0.15, -0.1) is 0 Å². The van der Waals surface area contributed by atoms with Crippen LogP contribution in [0.1, 0.15) is 30.1 Å². The van der Waals surface area contributed by atoms with Crippen LogP contribution in [0.2, 0.25) is 0 Å². The Hall–Kier alpha value is -1.67. The standard InChI is InChI=1S/C13H19N5O2S/c1-10-13(8-15-17(10)2)21(19,20)18-7-3-4-11(9-18)12-5-6-14-16-12/h5-6,8,11H,3-4,7,9H2,1-2H3,(H,14,16). The highest BCUT2D eigenvalue weighted by Gasteiger charge is 2.33. The molecule has 114 valence electrons. The summed E-state index contributed by atoms with van der Waals surface area (Å²) >= 11 is 0. The molecular formula is C13H19N5O2S. The van der Waals surface area contributed by atoms with Crippen LogP contribution >= 0.6 is 0 Å². The van der Waals surface area contributed by atoms with Gasteiger partial charge in [0.1, 0.15) is 4.90 Å². The largest absolute Gasteiger partial charge is 0.282 e. The van der Waals surface area contributed by atoms with E-state index in [0.717, 1.165) is 18.5 Å². The van der Waals surface area contributed by atoms with E-state index in [4.69, 9.17) is 0 Å². The third-order valence-corrected chi connectivity index (χ3v) is 6.12. The van der Waals surface area contributed by atoms with Gasteiger partial charge in [0.25, 0.3) is 0 Å². The van der Waals surface area contributed by atoms with Crippen molar-refractivity contribution in [2.24, 2.45) is 7.05 Å². The van der Waals surface area contributed by atoms with Crippen LogP contribution in [0.15, 0.2) is 23.4 Å². The van der Waals surface area contributed by atoms with Crippen LogP contribution in [-0.4, -0.2) is 45.8 Å². The van der Waals surface area contributed by atoms with Crippen LogP contribution in [0.5, 0.6) is 0 Å². The van der Waals surface area contributed by atoms with Crippen molar-refractivity contribution < 1.29 is 8.42 Å². The number of aryl methyl sites for hydroxylation is 1. The molecule has 1 atom stereocenters. The molecule has 0 bridgehead atoms. The van der Waals surface area contributed by atoms with Crippen LogP contribution < -0.4 is 0 Å². The van der Waals surface area contributed by atoms with E-state index >= 15 is 0 Å². The molecule has 0 radical (unpaired) electrons. The zero-order valence-corrected chi connectivity index (χ0v) is 13.0. The van der Waals surface area contributed by atoms with E-state index in [9.17, 15) is 8.42 Å². The van der Waals surface area contributed by atoms with Crippen molar-refractivity contribution in [1.82, 2.24) is 24.3 Å². The molecule has 1 fully saturated rings. The lowest BCUT2D eigenvalue weighted by Crippen LogP contribution is -2.39. The zero-order chi connectivity index (χ0) is 15.0. The highest BCUT2D eigenvalue weighted by atomic mass is 32.2. The summed E-state index contributed by atoms with van der Waals surface area (Å²) in [6, 6.07) is 1.91. The van der Waals surface area contributed by atoms with Gasteiger partial charge in [0.05, 0.1) is 11.9 Å². The molecule has 0 spiro atoms. The molecule has 3 rings (SSSR count). The highest BCUT2D eigenvalue weighted by Crippen LogP contribution is 2.29. The number of nitrogens with one attached hydrogen (secondary N) is 1. The first-order valence-corrected chi connectivity index (χ1v) is 8.42. The van der Waals surface area contributed by atoms with Crippen LogP contribution in [0.3, 0.4) is 0 Å². The summed E-state index contributed by atoms with van der Waals surface area (Å²) in [6.45, 7) is 2.82. The molecule has 8 heteroatoms. The Bertz CT molecular complexity index is 720. The topological polar surface area (TPSA) is 83.9 Å². The number of aromatic nitrogens is 4. The van der Waals surface area contributed by atoms with Crippen molar-refractivity contribution in [3.63, 3.8) is 0 Å². The van der Waals surface area contributed by atoms with Crippen molar-refractivity contribution in [1.29, 1.82) is 0 Å². The van der Waals surface area contributed by atoms with Gasteiger partial charge in [-0.1, -0.05) is 0 Å². The van der Waals surface area contributed by atoms with Gasteiger partial charge in [0.15, 0.2) is 0 Å². The Balaban J connectivity index is 1.87. The number of piperidine rings is 1. The summed E-state index contributed by atoms with van der Waals surface area (Å²) in [5.74, 6) is 0.174. The predicted octanol–water partition coefficient (Wildman–Crippen LogP) is 1.02. The zero-order valence-electron chi connectivity index (χ0n) is 12.2. The van der Waals surface area contributed by atoms with E-state index in [0.29, 0.717) is 23.7 Å². The number of hydrogen-bond acceptors (Lipinski definition) is 4. The average molecular weight is 309 g/mol. The molecule has 0 amide bonds. The van der Waals surface area contributed by atoms with Crippen molar-refractivity contribution in [3.05, 3.63) is 29.8 Å². The van der Waals surface area contributed by atoms with Gasteiger partial charge < -0.3 is 0 Å². The van der Waals surface area contributed by atoms with Gasteiger partial charge in [0, 0.05) is 37.9 Å². The molecule has 0 aromatic carbocycles. The summed E-state index contributed by atoms with van der Waals surface area (Å²) in [4.78, 5) is 0.301. The molecule has 1 N–H and O–H groups in total. The van der Waals surface area contributed by atoms with Crippen molar-refractivity contribution in [2.75, 3.05) is 13.1 Å². The molecule has 2 aromatic rings. The predicted molar refractivity (Wildman–Crippen MR) is 77.3 cm³/mol. The Morgan fingerprint density at radius 1 is 1.43 bits per heavy atom. The van der Waals surface area contributed by atoms with Crippen LogP contribution in [0, 0.1) is 6.92 Å². The Morgan fingerprint density at radius 3 is 2.86 bits per heavy atom. The van der Waals surface area contributed by atoms with E-state index < -0.39 is 10.0 Å². The second-order valence-corrected chi connectivity index (χ2v) is 7.34. The van der Waals surface area contributed by atoms with E-state index in [1.165, 1.54) is 6.20 Å². The van der Waals surface area contributed by atoms with Crippen molar-refractivity contribution in [2.45, 2.75) is 30.6 Å². The van der Waals surface area contributed by atoms with E-state index in [1.807, 2.05) is 6.07 Å². The Labute approximate surface area is 124 Å². The Kier molecular flexibility index (Phi) is 3.58. The van der Waals surface area contributed by atoms with Crippen LogP contribution in [0.4, 0.5) is 0 Å². The average Bonchev–Trinajstić information content (AvgIpc) is 3.11. The lowest BCUT2D eigenvalue weighted by Gasteiger charge is -2.31.